The molecule has 0 aromatic carbocycles. The van der Waals surface area contributed by atoms with Gasteiger partial charge in [0.05, 0.1) is 0 Å². The van der Waals surface area contributed by atoms with Crippen LogP contribution in [-0.2, 0) is 0 Å². The third-order valence-electron chi connectivity index (χ3n) is 1.72. The van der Waals surface area contributed by atoms with Gasteiger partial charge in [-0.2, -0.15) is 0 Å². The van der Waals surface area contributed by atoms with Crippen molar-refractivity contribution in [2.45, 2.75) is 51.9 Å². The Morgan fingerprint density at radius 2 is 1.50 bits per heavy atom. The fraction of sp³-hybridized carbons (Fsp3) is 0.800. The molecular weight excluding hydrogens is 271 g/mol. The summed E-state index contributed by atoms with van der Waals surface area (Å²) in [5.41, 5.74) is 0. The predicted molar refractivity (Wildman–Crippen MR) is 52.6 cm³/mol. The van der Waals surface area contributed by atoms with Crippen molar-refractivity contribution >= 4 is 23.1 Å². The first-order valence-electron chi connectivity index (χ1n) is 4.45. The van der Waals surface area contributed by atoms with Crippen LogP contribution in [0.5, 0.6) is 0 Å². The Balaban J connectivity index is -0.000000405. The van der Waals surface area contributed by atoms with E-state index in [4.69, 9.17) is 6.58 Å². The van der Waals surface area contributed by atoms with E-state index in [0.29, 0.717) is 0 Å². The van der Waals surface area contributed by atoms with Gasteiger partial charge in [-0.05, 0) is 0 Å². The molecular formula is C10H19IMg. The molecule has 0 spiro atoms. The second-order valence-corrected chi connectivity index (χ2v) is 2.79. The molecule has 0 bridgehead atoms. The Morgan fingerprint density at radius 1 is 1.00 bits per heavy atom. The number of allylic oxidation sites excluding steroid dienone is 1. The van der Waals surface area contributed by atoms with Crippen LogP contribution in [0.2, 0.25) is 0 Å². The normalized spacial score (nSPS) is 8.08. The van der Waals surface area contributed by atoms with Gasteiger partial charge in [0.1, 0.15) is 0 Å². The van der Waals surface area contributed by atoms with Crippen LogP contribution in [0.4, 0.5) is 0 Å². The third-order valence-corrected chi connectivity index (χ3v) is 1.72. The number of hydrogen-bond acceptors (Lipinski definition) is 0. The molecule has 0 aromatic heterocycles. The molecule has 0 radical (unpaired) electrons. The first-order valence-corrected chi connectivity index (χ1v) is 4.45. The van der Waals surface area contributed by atoms with E-state index >= 15 is 0 Å². The van der Waals surface area contributed by atoms with Crippen LogP contribution in [-0.4, -0.2) is 23.1 Å². The van der Waals surface area contributed by atoms with Crippen LogP contribution in [0.3, 0.4) is 0 Å². The van der Waals surface area contributed by atoms with E-state index in [0.717, 1.165) is 6.42 Å². The molecule has 0 aliphatic rings. The summed E-state index contributed by atoms with van der Waals surface area (Å²) in [5.74, 6) is 0. The number of rotatable bonds is 7. The molecule has 0 saturated heterocycles. The summed E-state index contributed by atoms with van der Waals surface area (Å²) in [6.07, 6.45) is 11.0. The van der Waals surface area contributed by atoms with Crippen molar-refractivity contribution in [2.24, 2.45) is 0 Å². The topological polar surface area (TPSA) is 0 Å². The summed E-state index contributed by atoms with van der Waals surface area (Å²) in [6, 6.07) is 0. The van der Waals surface area contributed by atoms with Gasteiger partial charge in [-0.3, -0.25) is 6.08 Å². The zero-order valence-electron chi connectivity index (χ0n) is 8.19. The summed E-state index contributed by atoms with van der Waals surface area (Å²) >= 11 is 0. The molecule has 0 rings (SSSR count). The zero-order chi connectivity index (χ0) is 7.66. The van der Waals surface area contributed by atoms with Crippen LogP contribution in [0.1, 0.15) is 51.9 Å². The van der Waals surface area contributed by atoms with E-state index < -0.39 is 0 Å². The Labute approximate surface area is 111 Å². The fourth-order valence-electron chi connectivity index (χ4n) is 1.04. The molecule has 0 aromatic rings. The summed E-state index contributed by atoms with van der Waals surface area (Å²) in [4.78, 5) is 0. The van der Waals surface area contributed by atoms with Crippen molar-refractivity contribution in [1.82, 2.24) is 0 Å². The average Bonchev–Trinajstić information content (AvgIpc) is 1.97. The molecule has 0 heterocycles. The Morgan fingerprint density at radius 3 is 2.00 bits per heavy atom. The van der Waals surface area contributed by atoms with Gasteiger partial charge in [0.15, 0.2) is 0 Å². The van der Waals surface area contributed by atoms with Crippen LogP contribution >= 0.6 is 0 Å². The summed E-state index contributed by atoms with van der Waals surface area (Å²) in [7, 11) is 0. The summed E-state index contributed by atoms with van der Waals surface area (Å²) in [5, 5.41) is 0. The first-order chi connectivity index (χ1) is 4.91. The Kier molecular flexibility index (Phi) is 28.5. The minimum absolute atomic E-state index is 0. The number of halogens is 1. The molecule has 0 atom stereocenters. The van der Waals surface area contributed by atoms with Gasteiger partial charge in [-0.25, -0.2) is 0 Å². The second kappa shape index (κ2) is 18.1. The zero-order valence-corrected chi connectivity index (χ0v) is 11.8. The van der Waals surface area contributed by atoms with Crippen LogP contribution in [0.25, 0.3) is 0 Å². The van der Waals surface area contributed by atoms with Gasteiger partial charge in [0, 0.05) is 0 Å². The summed E-state index contributed by atoms with van der Waals surface area (Å²) in [6.45, 7) is 7.49. The maximum Gasteiger partial charge on any atom is 2.00 e. The fourth-order valence-corrected chi connectivity index (χ4v) is 1.04. The minimum Gasteiger partial charge on any atom is -1.00 e. The van der Waals surface area contributed by atoms with E-state index in [-0.39, 0.29) is 47.0 Å². The van der Waals surface area contributed by atoms with Crippen molar-refractivity contribution in [1.29, 1.82) is 0 Å². The van der Waals surface area contributed by atoms with E-state index in [1.54, 1.807) is 6.08 Å². The Bertz CT molecular complexity index is 74.2. The average molecular weight is 290 g/mol. The first kappa shape index (κ1) is 18.9. The number of hydrogen-bond donors (Lipinski definition) is 0. The van der Waals surface area contributed by atoms with Crippen molar-refractivity contribution in [2.75, 3.05) is 0 Å². The molecule has 0 nitrogen and oxygen atoms in total. The van der Waals surface area contributed by atoms with Crippen molar-refractivity contribution in [3.05, 3.63) is 12.7 Å². The van der Waals surface area contributed by atoms with Crippen LogP contribution < -0.4 is 24.0 Å². The van der Waals surface area contributed by atoms with E-state index in [9.17, 15) is 0 Å². The molecule has 68 valence electrons. The SMILES string of the molecule is [CH-]=CCCCCCCCC.[I-].[Mg+2]. The van der Waals surface area contributed by atoms with Gasteiger partial charge in [0.25, 0.3) is 0 Å². The molecule has 0 N–H and O–H groups in total. The Hall–Kier alpha value is 1.24. The smallest absolute Gasteiger partial charge is 1.00 e. The molecule has 0 unspecified atom stereocenters. The maximum atomic E-state index is 5.24. The molecule has 0 aliphatic heterocycles. The van der Waals surface area contributed by atoms with Gasteiger partial charge < -0.3 is 30.6 Å². The maximum absolute atomic E-state index is 5.24. The minimum atomic E-state index is 0. The standard InChI is InChI=1S/C10H19.HI.Mg/c1-3-5-7-9-10-8-6-4-2;;/h1,3H,4-10H2,2H3;1H;/q-1;;+2/p-1. The molecule has 0 saturated carbocycles. The van der Waals surface area contributed by atoms with Crippen molar-refractivity contribution < 1.29 is 24.0 Å². The van der Waals surface area contributed by atoms with Gasteiger partial charge in [0.2, 0.25) is 0 Å². The second-order valence-electron chi connectivity index (χ2n) is 2.79. The van der Waals surface area contributed by atoms with Crippen molar-refractivity contribution in [3.8, 4) is 0 Å². The summed E-state index contributed by atoms with van der Waals surface area (Å²) < 4.78 is 0. The molecule has 0 amide bonds. The molecule has 0 aliphatic carbocycles. The van der Waals surface area contributed by atoms with E-state index in [1.807, 2.05) is 0 Å². The van der Waals surface area contributed by atoms with Crippen LogP contribution in [0, 0.1) is 6.58 Å². The van der Waals surface area contributed by atoms with E-state index in [1.165, 1.54) is 38.5 Å². The van der Waals surface area contributed by atoms with E-state index in [2.05, 4.69) is 6.92 Å². The third kappa shape index (κ3) is 17.4. The van der Waals surface area contributed by atoms with Crippen molar-refractivity contribution in [3.63, 3.8) is 0 Å². The van der Waals surface area contributed by atoms with Crippen LogP contribution in [0.15, 0.2) is 6.08 Å². The quantitative estimate of drug-likeness (QED) is 0.275. The monoisotopic (exact) mass is 290 g/mol. The van der Waals surface area contributed by atoms with Gasteiger partial charge in [-0.1, -0.05) is 51.9 Å². The molecule has 12 heavy (non-hydrogen) atoms. The number of unbranched alkanes of at least 4 members (excludes halogenated alkanes) is 6. The molecule has 0 fully saturated rings. The van der Waals surface area contributed by atoms with Gasteiger partial charge >= 0.3 is 23.1 Å². The molecule has 2 heteroatoms. The predicted octanol–water partition coefficient (Wildman–Crippen LogP) is 0.349. The van der Waals surface area contributed by atoms with Gasteiger partial charge in [-0.15, -0.1) is 0 Å². The largest absolute Gasteiger partial charge is 2.00 e.